The summed E-state index contributed by atoms with van der Waals surface area (Å²) in [6.07, 6.45) is 1.77. The number of rotatable bonds is 4. The normalized spacial score (nSPS) is 11.5. The van der Waals surface area contributed by atoms with Gasteiger partial charge in [0.15, 0.2) is 0 Å². The summed E-state index contributed by atoms with van der Waals surface area (Å²) >= 11 is 9.68. The van der Waals surface area contributed by atoms with Gasteiger partial charge in [-0.25, -0.2) is 4.98 Å². The summed E-state index contributed by atoms with van der Waals surface area (Å²) < 4.78 is 6.59. The van der Waals surface area contributed by atoms with Crippen molar-refractivity contribution < 1.29 is 4.74 Å². The molecule has 0 amide bonds. The lowest BCUT2D eigenvalue weighted by molar-refractivity contribution is 0.423. The smallest absolute Gasteiger partial charge is 0.238 e. The molecule has 0 saturated carbocycles. The Morgan fingerprint density at radius 3 is 2.62 bits per heavy atom. The number of aromatic nitrogens is 1. The Balaban J connectivity index is 2.11. The first-order valence-electron chi connectivity index (χ1n) is 6.67. The summed E-state index contributed by atoms with van der Waals surface area (Å²) in [5.41, 5.74) is 1.07. The minimum atomic E-state index is 0.0521. The fourth-order valence-electron chi connectivity index (χ4n) is 1.64. The van der Waals surface area contributed by atoms with Crippen LogP contribution in [0.5, 0.6) is 11.6 Å². The number of hydrogen-bond acceptors (Lipinski definition) is 3. The Morgan fingerprint density at radius 1 is 1.29 bits per heavy atom. The van der Waals surface area contributed by atoms with Crippen molar-refractivity contribution in [3.8, 4) is 11.6 Å². The van der Waals surface area contributed by atoms with Gasteiger partial charge in [-0.05, 0) is 60.5 Å². The van der Waals surface area contributed by atoms with Crippen molar-refractivity contribution >= 4 is 27.5 Å². The van der Waals surface area contributed by atoms with E-state index < -0.39 is 0 Å². The number of halogens is 2. The predicted octanol–water partition coefficient (Wildman–Crippen LogP) is 5.18. The molecule has 5 heteroatoms. The second kappa shape index (κ2) is 6.77. The zero-order valence-corrected chi connectivity index (χ0v) is 14.6. The highest BCUT2D eigenvalue weighted by Crippen LogP contribution is 2.32. The van der Waals surface area contributed by atoms with Gasteiger partial charge in [-0.2, -0.15) is 0 Å². The summed E-state index contributed by atoms with van der Waals surface area (Å²) in [7, 11) is 0. The first kappa shape index (κ1) is 16.3. The van der Waals surface area contributed by atoms with Crippen molar-refractivity contribution in [1.82, 2.24) is 10.3 Å². The topological polar surface area (TPSA) is 34.2 Å². The Bertz CT molecular complexity index is 626. The van der Waals surface area contributed by atoms with Crippen molar-refractivity contribution in [2.45, 2.75) is 32.9 Å². The van der Waals surface area contributed by atoms with Gasteiger partial charge in [0.25, 0.3) is 0 Å². The molecule has 0 saturated heterocycles. The molecule has 0 aliphatic rings. The number of nitrogens with zero attached hydrogens (tertiary/aromatic N) is 1. The van der Waals surface area contributed by atoms with Crippen LogP contribution in [0.3, 0.4) is 0 Å². The van der Waals surface area contributed by atoms with E-state index in [1.807, 2.05) is 30.3 Å². The lowest BCUT2D eigenvalue weighted by atomic mass is 10.1. The molecule has 0 unspecified atom stereocenters. The van der Waals surface area contributed by atoms with Gasteiger partial charge in [0.1, 0.15) is 10.8 Å². The number of ether oxygens (including phenoxy) is 1. The quantitative estimate of drug-likeness (QED) is 0.806. The van der Waals surface area contributed by atoms with Crippen molar-refractivity contribution in [1.29, 1.82) is 0 Å². The molecule has 1 N–H and O–H groups in total. The number of para-hydroxylation sites is 1. The highest BCUT2D eigenvalue weighted by molar-refractivity contribution is 9.10. The van der Waals surface area contributed by atoms with E-state index in [1.165, 1.54) is 0 Å². The lowest BCUT2D eigenvalue weighted by Crippen LogP contribution is -2.35. The van der Waals surface area contributed by atoms with Crippen LogP contribution in [-0.2, 0) is 6.54 Å². The summed E-state index contributed by atoms with van der Waals surface area (Å²) in [5, 5.41) is 3.90. The van der Waals surface area contributed by atoms with E-state index in [2.05, 4.69) is 47.0 Å². The zero-order valence-electron chi connectivity index (χ0n) is 12.3. The van der Waals surface area contributed by atoms with Gasteiger partial charge in [0.05, 0.1) is 4.47 Å². The van der Waals surface area contributed by atoms with Crippen molar-refractivity contribution in [2.75, 3.05) is 0 Å². The summed E-state index contributed by atoms with van der Waals surface area (Å²) in [6, 6.07) is 9.46. The van der Waals surface area contributed by atoms with Crippen molar-refractivity contribution in [3.63, 3.8) is 0 Å². The third-order valence-electron chi connectivity index (χ3n) is 2.73. The maximum Gasteiger partial charge on any atom is 0.238 e. The molecular formula is C16H18BrClN2O. The maximum absolute atomic E-state index is 6.25. The van der Waals surface area contributed by atoms with Gasteiger partial charge >= 0.3 is 0 Å². The van der Waals surface area contributed by atoms with Gasteiger partial charge in [-0.1, -0.05) is 23.7 Å². The molecule has 3 nitrogen and oxygen atoms in total. The van der Waals surface area contributed by atoms with E-state index in [4.69, 9.17) is 16.3 Å². The zero-order chi connectivity index (χ0) is 15.5. The van der Waals surface area contributed by atoms with Gasteiger partial charge < -0.3 is 10.1 Å². The van der Waals surface area contributed by atoms with E-state index in [-0.39, 0.29) is 5.54 Å². The molecule has 1 aromatic heterocycles. The molecule has 112 valence electrons. The second-order valence-electron chi connectivity index (χ2n) is 5.77. The molecule has 0 atom stereocenters. The van der Waals surface area contributed by atoms with Crippen LogP contribution < -0.4 is 10.1 Å². The van der Waals surface area contributed by atoms with E-state index in [0.29, 0.717) is 23.2 Å². The van der Waals surface area contributed by atoms with Gasteiger partial charge in [0, 0.05) is 18.3 Å². The second-order valence-corrected chi connectivity index (χ2v) is 7.03. The summed E-state index contributed by atoms with van der Waals surface area (Å²) in [4.78, 5) is 4.30. The third-order valence-corrected chi connectivity index (χ3v) is 3.66. The molecule has 0 bridgehead atoms. The average Bonchev–Trinajstić information content (AvgIpc) is 2.41. The highest BCUT2D eigenvalue weighted by atomic mass is 79.9. The van der Waals surface area contributed by atoms with Crippen LogP contribution >= 0.6 is 27.5 Å². The van der Waals surface area contributed by atoms with Crippen LogP contribution in [0.1, 0.15) is 26.3 Å². The van der Waals surface area contributed by atoms with Crippen LogP contribution in [0.2, 0.25) is 5.02 Å². The molecule has 0 aliphatic carbocycles. The largest absolute Gasteiger partial charge is 0.436 e. The molecule has 1 aromatic carbocycles. The first-order chi connectivity index (χ1) is 9.85. The minimum absolute atomic E-state index is 0.0521. The molecule has 0 spiro atoms. The average molecular weight is 370 g/mol. The van der Waals surface area contributed by atoms with E-state index in [1.54, 1.807) is 6.20 Å². The molecule has 0 aliphatic heterocycles. The number of hydrogen-bond donors (Lipinski definition) is 1. The van der Waals surface area contributed by atoms with Gasteiger partial charge in [-0.3, -0.25) is 0 Å². The molecule has 2 aromatic rings. The van der Waals surface area contributed by atoms with E-state index in [9.17, 15) is 0 Å². The maximum atomic E-state index is 6.25. The molecular weight excluding hydrogens is 352 g/mol. The first-order valence-corrected chi connectivity index (χ1v) is 7.84. The van der Waals surface area contributed by atoms with Gasteiger partial charge in [-0.15, -0.1) is 0 Å². The van der Waals surface area contributed by atoms with Crippen molar-refractivity contribution in [3.05, 3.63) is 51.6 Å². The fraction of sp³-hybridized carbons (Fsp3) is 0.312. The van der Waals surface area contributed by atoms with E-state index >= 15 is 0 Å². The van der Waals surface area contributed by atoms with Crippen LogP contribution in [0.25, 0.3) is 0 Å². The Morgan fingerprint density at radius 2 is 2.00 bits per heavy atom. The van der Waals surface area contributed by atoms with Gasteiger partial charge in [0.2, 0.25) is 5.88 Å². The SMILES string of the molecule is CC(C)(C)NCc1cnc(Oc2ccccc2Br)c(Cl)c1. The summed E-state index contributed by atoms with van der Waals surface area (Å²) in [5.74, 6) is 1.09. The standard InChI is InChI=1S/C16H18BrClN2O/c1-16(2,3)20-10-11-8-13(18)15(19-9-11)21-14-7-5-4-6-12(14)17/h4-9,20H,10H2,1-3H3. The lowest BCUT2D eigenvalue weighted by Gasteiger charge is -2.20. The Kier molecular flexibility index (Phi) is 5.25. The van der Waals surface area contributed by atoms with E-state index in [0.717, 1.165) is 10.0 Å². The molecule has 0 radical (unpaired) electrons. The minimum Gasteiger partial charge on any atom is -0.436 e. The van der Waals surface area contributed by atoms with Crippen LogP contribution in [0, 0.1) is 0 Å². The van der Waals surface area contributed by atoms with Crippen LogP contribution in [-0.4, -0.2) is 10.5 Å². The molecule has 2 rings (SSSR count). The number of nitrogens with one attached hydrogen (secondary N) is 1. The highest BCUT2D eigenvalue weighted by Gasteiger charge is 2.11. The molecule has 21 heavy (non-hydrogen) atoms. The Labute approximate surface area is 138 Å². The molecule has 0 fully saturated rings. The monoisotopic (exact) mass is 368 g/mol. The predicted molar refractivity (Wildman–Crippen MR) is 90.1 cm³/mol. The Hall–Kier alpha value is -1.10. The third kappa shape index (κ3) is 4.99. The summed E-state index contributed by atoms with van der Waals surface area (Å²) in [6.45, 7) is 7.07. The number of pyridine rings is 1. The number of benzene rings is 1. The van der Waals surface area contributed by atoms with Crippen LogP contribution in [0.4, 0.5) is 0 Å². The molecule has 1 heterocycles. The van der Waals surface area contributed by atoms with Crippen molar-refractivity contribution in [2.24, 2.45) is 0 Å². The van der Waals surface area contributed by atoms with Crippen LogP contribution in [0.15, 0.2) is 41.0 Å². The fourth-order valence-corrected chi connectivity index (χ4v) is 2.23.